The van der Waals surface area contributed by atoms with E-state index in [9.17, 15) is 19.1 Å². The fourth-order valence-electron chi connectivity index (χ4n) is 4.00. The largest absolute Gasteiger partial charge is 0.486 e. The summed E-state index contributed by atoms with van der Waals surface area (Å²) >= 11 is 0. The molecule has 3 aromatic rings. The van der Waals surface area contributed by atoms with Crippen molar-refractivity contribution in [1.82, 2.24) is 10.5 Å². The minimum absolute atomic E-state index is 0.0167. The molecule has 1 heterocycles. The SMILES string of the molecule is CCc1cc(COc2ccc([C@]3(C(=O)O)C[C@@H]3C(=O)NO)cc2F)c2ccccc2n1. The van der Waals surface area contributed by atoms with Crippen LogP contribution >= 0.6 is 0 Å². The lowest BCUT2D eigenvalue weighted by Crippen LogP contribution is -2.30. The Morgan fingerprint density at radius 2 is 2.03 bits per heavy atom. The minimum Gasteiger partial charge on any atom is -0.486 e. The van der Waals surface area contributed by atoms with Gasteiger partial charge in [-0.25, -0.2) is 9.87 Å². The summed E-state index contributed by atoms with van der Waals surface area (Å²) in [5, 5.41) is 19.3. The van der Waals surface area contributed by atoms with Crippen molar-refractivity contribution in [2.24, 2.45) is 5.92 Å². The number of carbonyl (C=O) groups is 2. The van der Waals surface area contributed by atoms with Crippen LogP contribution < -0.4 is 10.2 Å². The van der Waals surface area contributed by atoms with Gasteiger partial charge in [0.05, 0.1) is 11.4 Å². The minimum atomic E-state index is -1.55. The Morgan fingerprint density at radius 1 is 1.26 bits per heavy atom. The number of carbonyl (C=O) groups excluding carboxylic acids is 1. The fourth-order valence-corrected chi connectivity index (χ4v) is 4.00. The van der Waals surface area contributed by atoms with Gasteiger partial charge in [0.25, 0.3) is 0 Å². The molecule has 1 saturated carbocycles. The van der Waals surface area contributed by atoms with Gasteiger partial charge in [-0.2, -0.15) is 0 Å². The molecule has 1 aliphatic rings. The van der Waals surface area contributed by atoms with Crippen LogP contribution in [0, 0.1) is 11.7 Å². The van der Waals surface area contributed by atoms with E-state index in [4.69, 9.17) is 9.94 Å². The zero-order valence-electron chi connectivity index (χ0n) is 16.8. The molecule has 4 rings (SSSR count). The van der Waals surface area contributed by atoms with Crippen molar-refractivity contribution < 1.29 is 29.0 Å². The van der Waals surface area contributed by atoms with E-state index in [0.29, 0.717) is 0 Å². The summed E-state index contributed by atoms with van der Waals surface area (Å²) in [7, 11) is 0. The van der Waals surface area contributed by atoms with Crippen LogP contribution in [-0.2, 0) is 28.0 Å². The van der Waals surface area contributed by atoms with Crippen LogP contribution in [-0.4, -0.2) is 27.2 Å². The lowest BCUT2D eigenvalue weighted by Gasteiger charge is -2.15. The molecule has 0 bridgehead atoms. The van der Waals surface area contributed by atoms with Crippen LogP contribution in [0.2, 0.25) is 0 Å². The highest BCUT2D eigenvalue weighted by Crippen LogP contribution is 2.55. The Hall–Kier alpha value is -3.52. The number of nitrogens with one attached hydrogen (secondary N) is 1. The molecule has 0 saturated heterocycles. The number of benzene rings is 2. The summed E-state index contributed by atoms with van der Waals surface area (Å²) in [6, 6.07) is 13.5. The normalized spacial score (nSPS) is 19.8. The van der Waals surface area contributed by atoms with Crippen LogP contribution in [0.25, 0.3) is 10.9 Å². The Morgan fingerprint density at radius 3 is 2.71 bits per heavy atom. The number of carboxylic acid groups (broad SMARTS) is 1. The van der Waals surface area contributed by atoms with Crippen molar-refractivity contribution in [1.29, 1.82) is 0 Å². The highest BCUT2D eigenvalue weighted by atomic mass is 19.1. The molecule has 0 radical (unpaired) electrons. The van der Waals surface area contributed by atoms with Crippen molar-refractivity contribution in [3.8, 4) is 5.75 Å². The first-order chi connectivity index (χ1) is 14.9. The van der Waals surface area contributed by atoms with Gasteiger partial charge in [0, 0.05) is 16.6 Å². The first-order valence-corrected chi connectivity index (χ1v) is 9.88. The smallest absolute Gasteiger partial charge is 0.314 e. The van der Waals surface area contributed by atoms with Gasteiger partial charge in [-0.1, -0.05) is 31.2 Å². The fraction of sp³-hybridized carbons (Fsp3) is 0.261. The number of hydrogen-bond acceptors (Lipinski definition) is 5. The van der Waals surface area contributed by atoms with Crippen molar-refractivity contribution in [3.63, 3.8) is 0 Å². The summed E-state index contributed by atoms with van der Waals surface area (Å²) in [5.74, 6) is -3.75. The summed E-state index contributed by atoms with van der Waals surface area (Å²) in [6.07, 6.45) is 0.734. The van der Waals surface area contributed by atoms with E-state index >= 15 is 0 Å². The molecule has 0 spiro atoms. The predicted octanol–water partition coefficient (Wildman–Crippen LogP) is 3.36. The van der Waals surface area contributed by atoms with Gasteiger partial charge in [-0.3, -0.25) is 19.8 Å². The molecule has 7 nitrogen and oxygen atoms in total. The van der Waals surface area contributed by atoms with E-state index in [1.165, 1.54) is 17.6 Å². The maximum atomic E-state index is 14.8. The molecule has 2 atom stereocenters. The van der Waals surface area contributed by atoms with Gasteiger partial charge >= 0.3 is 5.97 Å². The molecule has 8 heteroatoms. The number of hydrogen-bond donors (Lipinski definition) is 3. The molecule has 160 valence electrons. The summed E-state index contributed by atoms with van der Waals surface area (Å²) in [5.41, 5.74) is 2.68. The molecular formula is C23H21FN2O5. The van der Waals surface area contributed by atoms with E-state index in [2.05, 4.69) is 4.98 Å². The topological polar surface area (TPSA) is 109 Å². The molecule has 1 aliphatic carbocycles. The highest BCUT2D eigenvalue weighted by Gasteiger charge is 2.65. The number of aryl methyl sites for hydroxylation is 1. The third kappa shape index (κ3) is 3.59. The second kappa shape index (κ2) is 7.96. The number of hydroxylamine groups is 1. The van der Waals surface area contributed by atoms with E-state index in [0.717, 1.165) is 34.6 Å². The van der Waals surface area contributed by atoms with Crippen LogP contribution in [0.5, 0.6) is 5.75 Å². The number of aromatic nitrogens is 1. The van der Waals surface area contributed by atoms with Gasteiger partial charge in [-0.15, -0.1) is 0 Å². The molecule has 0 unspecified atom stereocenters. The summed E-state index contributed by atoms with van der Waals surface area (Å²) in [4.78, 5) is 28.1. The van der Waals surface area contributed by atoms with Crippen LogP contribution in [0.4, 0.5) is 4.39 Å². The van der Waals surface area contributed by atoms with Crippen LogP contribution in [0.1, 0.15) is 30.2 Å². The number of ether oxygens (including phenoxy) is 1. The lowest BCUT2D eigenvalue weighted by molar-refractivity contribution is -0.143. The zero-order chi connectivity index (χ0) is 22.2. The van der Waals surface area contributed by atoms with Crippen LogP contribution in [0.15, 0.2) is 48.5 Å². The van der Waals surface area contributed by atoms with Gasteiger partial charge in [0.1, 0.15) is 12.0 Å². The van der Waals surface area contributed by atoms with E-state index in [1.807, 2.05) is 37.3 Å². The summed E-state index contributed by atoms with van der Waals surface area (Å²) in [6.45, 7) is 2.12. The van der Waals surface area contributed by atoms with E-state index < -0.39 is 29.0 Å². The zero-order valence-corrected chi connectivity index (χ0v) is 16.8. The molecule has 0 aliphatic heterocycles. The Balaban J connectivity index is 1.59. The van der Waals surface area contributed by atoms with Gasteiger partial charge < -0.3 is 9.84 Å². The number of fused-ring (bicyclic) bond motifs is 1. The third-order valence-corrected chi connectivity index (χ3v) is 5.82. The molecule has 2 aromatic carbocycles. The maximum absolute atomic E-state index is 14.8. The van der Waals surface area contributed by atoms with Crippen molar-refractivity contribution in [2.45, 2.75) is 31.8 Å². The number of amides is 1. The van der Waals surface area contributed by atoms with Crippen molar-refractivity contribution in [3.05, 3.63) is 71.2 Å². The second-order valence-corrected chi connectivity index (χ2v) is 7.59. The molecule has 1 fully saturated rings. The lowest BCUT2D eigenvalue weighted by atomic mass is 9.93. The van der Waals surface area contributed by atoms with Gasteiger partial charge in [-0.05, 0) is 42.7 Å². The standard InChI is InChI=1S/C23H21FN2O5/c1-2-15-9-13(16-5-3-4-6-19(16)25-15)12-31-20-8-7-14(10-18(20)24)23(22(28)29)11-17(23)21(27)26-30/h3-10,17,30H,2,11-12H2,1H3,(H,26,27)(H,28,29)/t17-,23-/m1/s1. The number of para-hydroxylation sites is 1. The van der Waals surface area contributed by atoms with Crippen LogP contribution in [0.3, 0.4) is 0 Å². The Bertz CT molecular complexity index is 1180. The third-order valence-electron chi connectivity index (χ3n) is 5.82. The van der Waals surface area contributed by atoms with Gasteiger partial charge in [0.15, 0.2) is 11.6 Å². The highest BCUT2D eigenvalue weighted by molar-refractivity contribution is 5.97. The first-order valence-electron chi connectivity index (χ1n) is 9.88. The number of nitrogens with zero attached hydrogens (tertiary/aromatic N) is 1. The quantitative estimate of drug-likeness (QED) is 0.396. The molecule has 3 N–H and O–H groups in total. The molecular weight excluding hydrogens is 403 g/mol. The Labute approximate surface area is 177 Å². The average molecular weight is 424 g/mol. The maximum Gasteiger partial charge on any atom is 0.314 e. The van der Waals surface area contributed by atoms with E-state index in [1.54, 1.807) is 0 Å². The number of rotatable bonds is 7. The number of aliphatic carboxylic acids is 1. The molecule has 1 aromatic heterocycles. The Kier molecular flexibility index (Phi) is 5.32. The molecule has 1 amide bonds. The number of pyridine rings is 1. The van der Waals surface area contributed by atoms with Gasteiger partial charge in [0.2, 0.25) is 5.91 Å². The average Bonchev–Trinajstić information content (AvgIpc) is 3.54. The van der Waals surface area contributed by atoms with Crippen molar-refractivity contribution >= 4 is 22.8 Å². The number of carboxylic acids is 1. The summed E-state index contributed by atoms with van der Waals surface area (Å²) < 4.78 is 20.5. The monoisotopic (exact) mass is 424 g/mol. The predicted molar refractivity (Wildman–Crippen MR) is 109 cm³/mol. The van der Waals surface area contributed by atoms with Crippen molar-refractivity contribution in [2.75, 3.05) is 0 Å². The van der Waals surface area contributed by atoms with E-state index in [-0.39, 0.29) is 24.3 Å². The number of halogens is 1. The molecule has 31 heavy (non-hydrogen) atoms. The second-order valence-electron chi connectivity index (χ2n) is 7.59. The first kappa shape index (κ1) is 20.7.